The lowest BCUT2D eigenvalue weighted by Crippen LogP contribution is -2.33. The molecular formula is C15H11Cl2F3O. The molecule has 2 rings (SSSR count). The van der Waals surface area contributed by atoms with Gasteiger partial charge in [-0.1, -0.05) is 59.6 Å². The summed E-state index contributed by atoms with van der Waals surface area (Å²) >= 11 is 11.6. The largest absolute Gasteiger partial charge is 0.392 e. The Labute approximate surface area is 129 Å². The molecule has 1 nitrogen and oxygen atoms in total. The summed E-state index contributed by atoms with van der Waals surface area (Å²) in [7, 11) is 0. The zero-order valence-electron chi connectivity index (χ0n) is 10.7. The maximum atomic E-state index is 12.9. The molecule has 6 heteroatoms. The molecule has 0 saturated carbocycles. The lowest BCUT2D eigenvalue weighted by atomic mass is 9.83. The zero-order valence-corrected chi connectivity index (χ0v) is 12.2. The molecule has 112 valence electrons. The molecule has 0 fully saturated rings. The Kier molecular flexibility index (Phi) is 4.51. The Hall–Kier alpha value is -1.23. The van der Waals surface area contributed by atoms with Crippen molar-refractivity contribution in [2.75, 3.05) is 0 Å². The molecule has 0 aliphatic rings. The average molecular weight is 335 g/mol. The molecule has 0 aliphatic carbocycles. The monoisotopic (exact) mass is 334 g/mol. The number of aliphatic hydroxyl groups is 1. The quantitative estimate of drug-likeness (QED) is 0.819. The van der Waals surface area contributed by atoms with Crippen LogP contribution in [0, 0.1) is 0 Å². The van der Waals surface area contributed by atoms with Crippen LogP contribution in [-0.2, 0) is 5.60 Å². The van der Waals surface area contributed by atoms with Crippen molar-refractivity contribution in [1.82, 2.24) is 0 Å². The summed E-state index contributed by atoms with van der Waals surface area (Å²) in [5.41, 5.74) is -2.03. The molecule has 0 saturated heterocycles. The molecule has 0 aromatic heterocycles. The van der Waals surface area contributed by atoms with Gasteiger partial charge in [-0.05, 0) is 23.3 Å². The van der Waals surface area contributed by atoms with Crippen molar-refractivity contribution in [2.45, 2.75) is 18.2 Å². The van der Waals surface area contributed by atoms with Gasteiger partial charge in [0.1, 0.15) is 5.60 Å². The number of hydrogen-bond donors (Lipinski definition) is 1. The molecule has 1 N–H and O–H groups in total. The Balaban J connectivity index is 2.57. The Morgan fingerprint density at radius 1 is 0.857 bits per heavy atom. The second-order valence-corrected chi connectivity index (χ2v) is 5.46. The maximum Gasteiger partial charge on any atom is 0.392 e. The highest BCUT2D eigenvalue weighted by Crippen LogP contribution is 2.41. The number of halogens is 5. The van der Waals surface area contributed by atoms with Crippen molar-refractivity contribution >= 4 is 23.2 Å². The molecule has 0 bridgehead atoms. The minimum absolute atomic E-state index is 0.0421. The topological polar surface area (TPSA) is 20.2 Å². The normalized spacial score (nSPS) is 14.8. The third-order valence-electron chi connectivity index (χ3n) is 3.10. The summed E-state index contributed by atoms with van der Waals surface area (Å²) in [6, 6.07) is 11.6. The summed E-state index contributed by atoms with van der Waals surface area (Å²) in [5, 5.41) is 11.0. The minimum atomic E-state index is -4.54. The van der Waals surface area contributed by atoms with Crippen LogP contribution in [0.4, 0.5) is 13.2 Å². The Bertz CT molecular complexity index is 629. The molecule has 2 aromatic rings. The van der Waals surface area contributed by atoms with Crippen molar-refractivity contribution in [3.63, 3.8) is 0 Å². The van der Waals surface area contributed by atoms with Crippen molar-refractivity contribution in [3.05, 3.63) is 69.7 Å². The summed E-state index contributed by atoms with van der Waals surface area (Å²) < 4.78 is 38.6. The van der Waals surface area contributed by atoms with E-state index in [2.05, 4.69) is 0 Å². The van der Waals surface area contributed by atoms with Crippen LogP contribution in [0.5, 0.6) is 0 Å². The fourth-order valence-electron chi connectivity index (χ4n) is 2.13. The van der Waals surface area contributed by atoms with E-state index in [-0.39, 0.29) is 21.2 Å². The van der Waals surface area contributed by atoms with Crippen LogP contribution in [0.15, 0.2) is 48.5 Å². The van der Waals surface area contributed by atoms with E-state index < -0.39 is 18.2 Å². The van der Waals surface area contributed by atoms with E-state index in [0.29, 0.717) is 0 Å². The van der Waals surface area contributed by atoms with Crippen LogP contribution in [-0.4, -0.2) is 11.3 Å². The van der Waals surface area contributed by atoms with Crippen LogP contribution in [0.2, 0.25) is 10.0 Å². The molecule has 0 radical (unpaired) electrons. The Morgan fingerprint density at radius 3 is 2.00 bits per heavy atom. The molecular weight excluding hydrogens is 324 g/mol. The molecule has 1 atom stereocenters. The first-order valence-corrected chi connectivity index (χ1v) is 6.78. The van der Waals surface area contributed by atoms with Gasteiger partial charge in [0.25, 0.3) is 0 Å². The fourth-order valence-corrected chi connectivity index (χ4v) is 2.43. The minimum Gasteiger partial charge on any atom is -0.380 e. The second-order valence-electron chi connectivity index (χ2n) is 4.65. The summed E-state index contributed by atoms with van der Waals surface area (Å²) in [5.74, 6) is 0. The van der Waals surface area contributed by atoms with E-state index in [0.717, 1.165) is 0 Å². The lowest BCUT2D eigenvalue weighted by Gasteiger charge is -2.30. The molecule has 21 heavy (non-hydrogen) atoms. The number of rotatable bonds is 3. The summed E-state index contributed by atoms with van der Waals surface area (Å²) in [6.45, 7) is 0. The highest BCUT2D eigenvalue weighted by molar-refractivity contribution is 6.42. The van der Waals surface area contributed by atoms with Crippen molar-refractivity contribution in [2.24, 2.45) is 0 Å². The first-order valence-electron chi connectivity index (χ1n) is 6.02. The van der Waals surface area contributed by atoms with Gasteiger partial charge in [0.15, 0.2) is 0 Å². The molecule has 0 spiro atoms. The van der Waals surface area contributed by atoms with E-state index in [9.17, 15) is 18.3 Å². The van der Waals surface area contributed by atoms with Gasteiger partial charge in [-0.25, -0.2) is 0 Å². The van der Waals surface area contributed by atoms with Gasteiger partial charge >= 0.3 is 6.18 Å². The highest BCUT2D eigenvalue weighted by Gasteiger charge is 2.43. The molecule has 1 unspecified atom stereocenters. The second kappa shape index (κ2) is 5.87. The van der Waals surface area contributed by atoms with E-state index in [1.165, 1.54) is 30.3 Å². The number of benzene rings is 2. The van der Waals surface area contributed by atoms with Gasteiger partial charge in [0.05, 0.1) is 16.5 Å². The maximum absolute atomic E-state index is 12.9. The number of hydrogen-bond acceptors (Lipinski definition) is 1. The predicted octanol–water partition coefficient (Wildman–Crippen LogP) is 5.18. The van der Waals surface area contributed by atoms with E-state index >= 15 is 0 Å². The van der Waals surface area contributed by atoms with Gasteiger partial charge in [0.2, 0.25) is 0 Å². The first-order chi connectivity index (χ1) is 9.72. The van der Waals surface area contributed by atoms with Gasteiger partial charge in [-0.2, -0.15) is 13.2 Å². The molecule has 0 aliphatic heterocycles. The average Bonchev–Trinajstić information content (AvgIpc) is 2.41. The van der Waals surface area contributed by atoms with Crippen molar-refractivity contribution in [3.8, 4) is 0 Å². The van der Waals surface area contributed by atoms with E-state index in [4.69, 9.17) is 23.2 Å². The fraction of sp³-hybridized carbons (Fsp3) is 0.200. The smallest absolute Gasteiger partial charge is 0.380 e. The first kappa shape index (κ1) is 16.1. The SMILES string of the molecule is OC(CC(F)(F)F)(c1ccccc1)c1ccc(Cl)c(Cl)c1. The lowest BCUT2D eigenvalue weighted by molar-refractivity contribution is -0.169. The van der Waals surface area contributed by atoms with Crippen molar-refractivity contribution < 1.29 is 18.3 Å². The van der Waals surface area contributed by atoms with Crippen LogP contribution in [0.1, 0.15) is 17.5 Å². The molecule has 0 amide bonds. The van der Waals surface area contributed by atoms with E-state index in [1.807, 2.05) is 0 Å². The third-order valence-corrected chi connectivity index (χ3v) is 3.84. The van der Waals surface area contributed by atoms with Crippen LogP contribution < -0.4 is 0 Å². The van der Waals surface area contributed by atoms with Crippen LogP contribution in [0.3, 0.4) is 0 Å². The van der Waals surface area contributed by atoms with Crippen molar-refractivity contribution in [1.29, 1.82) is 0 Å². The van der Waals surface area contributed by atoms with Crippen LogP contribution in [0.25, 0.3) is 0 Å². The third kappa shape index (κ3) is 3.70. The summed E-state index contributed by atoms with van der Waals surface area (Å²) in [6.07, 6.45) is -5.96. The standard InChI is InChI=1S/C15H11Cl2F3O/c16-12-7-6-11(8-13(12)17)14(21,9-15(18,19)20)10-4-2-1-3-5-10/h1-8,21H,9H2. The van der Waals surface area contributed by atoms with Gasteiger partial charge in [-0.15, -0.1) is 0 Å². The molecule has 2 aromatic carbocycles. The number of alkyl halides is 3. The molecule has 0 heterocycles. The van der Waals surface area contributed by atoms with Crippen LogP contribution >= 0.6 is 23.2 Å². The summed E-state index contributed by atoms with van der Waals surface area (Å²) in [4.78, 5) is 0. The van der Waals surface area contributed by atoms with Gasteiger partial charge < -0.3 is 5.11 Å². The Morgan fingerprint density at radius 2 is 1.48 bits per heavy atom. The van der Waals surface area contributed by atoms with Gasteiger partial charge in [0, 0.05) is 0 Å². The predicted molar refractivity (Wildman–Crippen MR) is 76.6 cm³/mol. The van der Waals surface area contributed by atoms with E-state index in [1.54, 1.807) is 18.2 Å². The zero-order chi connectivity index (χ0) is 15.7. The highest BCUT2D eigenvalue weighted by atomic mass is 35.5. The van der Waals surface area contributed by atoms with Gasteiger partial charge in [-0.3, -0.25) is 0 Å².